The number of benzene rings is 1. The Morgan fingerprint density at radius 3 is 2.56 bits per heavy atom. The van der Waals surface area contributed by atoms with Crippen LogP contribution in [0.2, 0.25) is 0 Å². The van der Waals surface area contributed by atoms with Crippen LogP contribution in [-0.2, 0) is 0 Å². The van der Waals surface area contributed by atoms with Crippen molar-refractivity contribution in [3.05, 3.63) is 23.8 Å². The van der Waals surface area contributed by atoms with Crippen LogP contribution in [0, 0.1) is 11.3 Å². The third-order valence-corrected chi connectivity index (χ3v) is 4.13. The zero-order valence-corrected chi connectivity index (χ0v) is 12.5. The van der Waals surface area contributed by atoms with E-state index in [1.54, 1.807) is 11.8 Å². The molecule has 0 aliphatic heterocycles. The maximum absolute atomic E-state index is 9.43. The van der Waals surface area contributed by atoms with Crippen LogP contribution in [0.15, 0.2) is 23.1 Å². The summed E-state index contributed by atoms with van der Waals surface area (Å²) in [4.78, 5) is 3.41. The second kappa shape index (κ2) is 7.33. The largest absolute Gasteiger partial charge is 0.368 e. The summed E-state index contributed by atoms with van der Waals surface area (Å²) in [5, 5.41) is 9.43. The van der Waals surface area contributed by atoms with Gasteiger partial charge in [-0.05, 0) is 38.2 Å². The number of thioether (sulfide) groups is 1. The van der Waals surface area contributed by atoms with E-state index in [0.29, 0.717) is 6.04 Å². The van der Waals surface area contributed by atoms with Crippen molar-refractivity contribution in [2.45, 2.75) is 45.1 Å². The lowest BCUT2D eigenvalue weighted by Crippen LogP contribution is -2.32. The Labute approximate surface area is 115 Å². The van der Waals surface area contributed by atoms with Crippen molar-refractivity contribution in [3.63, 3.8) is 0 Å². The zero-order chi connectivity index (χ0) is 13.5. The SMILES string of the molecule is CCSc1cccc(N(CC)C(C)CC)c1C#N. The first-order valence-corrected chi connectivity index (χ1v) is 7.60. The molecule has 0 fully saturated rings. The Kier molecular flexibility index (Phi) is 6.07. The van der Waals surface area contributed by atoms with Gasteiger partial charge in [0.15, 0.2) is 0 Å². The lowest BCUT2D eigenvalue weighted by atomic mass is 10.1. The molecule has 3 heteroatoms. The van der Waals surface area contributed by atoms with Gasteiger partial charge in [-0.2, -0.15) is 5.26 Å². The first-order valence-electron chi connectivity index (χ1n) is 6.62. The fourth-order valence-corrected chi connectivity index (χ4v) is 2.87. The van der Waals surface area contributed by atoms with Crippen LogP contribution in [-0.4, -0.2) is 18.3 Å². The van der Waals surface area contributed by atoms with E-state index in [4.69, 9.17) is 0 Å². The minimum atomic E-state index is 0.462. The molecule has 1 aromatic carbocycles. The maximum Gasteiger partial charge on any atom is 0.103 e. The number of rotatable bonds is 6. The molecule has 0 heterocycles. The molecule has 0 saturated heterocycles. The molecule has 0 saturated carbocycles. The van der Waals surface area contributed by atoms with Gasteiger partial charge in [0.25, 0.3) is 0 Å². The van der Waals surface area contributed by atoms with Gasteiger partial charge in [-0.15, -0.1) is 11.8 Å². The second-order valence-corrected chi connectivity index (χ2v) is 5.54. The highest BCUT2D eigenvalue weighted by Gasteiger charge is 2.16. The summed E-state index contributed by atoms with van der Waals surface area (Å²) in [5.41, 5.74) is 1.90. The average molecular weight is 262 g/mol. The van der Waals surface area contributed by atoms with Crippen molar-refractivity contribution < 1.29 is 0 Å². The van der Waals surface area contributed by atoms with Crippen LogP contribution in [0.25, 0.3) is 0 Å². The monoisotopic (exact) mass is 262 g/mol. The molecule has 0 bridgehead atoms. The molecule has 18 heavy (non-hydrogen) atoms. The molecule has 1 aromatic rings. The van der Waals surface area contributed by atoms with Crippen molar-refractivity contribution >= 4 is 17.4 Å². The van der Waals surface area contributed by atoms with Gasteiger partial charge >= 0.3 is 0 Å². The molecule has 1 atom stereocenters. The van der Waals surface area contributed by atoms with E-state index < -0.39 is 0 Å². The summed E-state index contributed by atoms with van der Waals surface area (Å²) in [6.45, 7) is 9.59. The molecule has 1 unspecified atom stereocenters. The van der Waals surface area contributed by atoms with Gasteiger partial charge in [-0.1, -0.05) is 19.9 Å². The van der Waals surface area contributed by atoms with Crippen LogP contribution in [0.5, 0.6) is 0 Å². The summed E-state index contributed by atoms with van der Waals surface area (Å²) < 4.78 is 0. The lowest BCUT2D eigenvalue weighted by molar-refractivity contribution is 0.629. The summed E-state index contributed by atoms with van der Waals surface area (Å²) in [6.07, 6.45) is 1.09. The smallest absolute Gasteiger partial charge is 0.103 e. The van der Waals surface area contributed by atoms with Crippen LogP contribution in [0.4, 0.5) is 5.69 Å². The molecule has 2 nitrogen and oxygen atoms in total. The fraction of sp³-hybridized carbons (Fsp3) is 0.533. The lowest BCUT2D eigenvalue weighted by Gasteiger charge is -2.30. The molecule has 0 aliphatic carbocycles. The second-order valence-electron chi connectivity index (χ2n) is 4.24. The summed E-state index contributed by atoms with van der Waals surface area (Å²) in [6, 6.07) is 9.00. The molecule has 0 N–H and O–H groups in total. The van der Waals surface area contributed by atoms with Crippen molar-refractivity contribution in [2.24, 2.45) is 0 Å². The Hall–Kier alpha value is -1.14. The number of hydrogen-bond acceptors (Lipinski definition) is 3. The Bertz CT molecular complexity index is 423. The summed E-state index contributed by atoms with van der Waals surface area (Å²) in [7, 11) is 0. The highest BCUT2D eigenvalue weighted by molar-refractivity contribution is 7.99. The molecule has 0 spiro atoms. The molecule has 0 aliphatic rings. The zero-order valence-electron chi connectivity index (χ0n) is 11.7. The highest BCUT2D eigenvalue weighted by Crippen LogP contribution is 2.31. The predicted molar refractivity (Wildman–Crippen MR) is 80.3 cm³/mol. The van der Waals surface area contributed by atoms with Crippen LogP contribution >= 0.6 is 11.8 Å². The van der Waals surface area contributed by atoms with Gasteiger partial charge in [0.1, 0.15) is 6.07 Å². The number of nitriles is 1. The van der Waals surface area contributed by atoms with Gasteiger partial charge in [0, 0.05) is 17.5 Å². The van der Waals surface area contributed by atoms with Gasteiger partial charge in [0.05, 0.1) is 11.3 Å². The van der Waals surface area contributed by atoms with Gasteiger partial charge < -0.3 is 4.90 Å². The molecule has 0 aromatic heterocycles. The van der Waals surface area contributed by atoms with Crippen molar-refractivity contribution in [1.82, 2.24) is 0 Å². The first-order chi connectivity index (χ1) is 8.69. The number of nitrogens with zero attached hydrogens (tertiary/aromatic N) is 2. The Balaban J connectivity index is 3.22. The van der Waals surface area contributed by atoms with Gasteiger partial charge in [-0.25, -0.2) is 0 Å². The number of anilines is 1. The van der Waals surface area contributed by atoms with Crippen LogP contribution in [0.1, 0.15) is 39.7 Å². The topological polar surface area (TPSA) is 27.0 Å². The Morgan fingerprint density at radius 2 is 2.06 bits per heavy atom. The van der Waals surface area contributed by atoms with Crippen molar-refractivity contribution in [2.75, 3.05) is 17.2 Å². The van der Waals surface area contributed by atoms with E-state index in [0.717, 1.165) is 34.9 Å². The van der Waals surface area contributed by atoms with E-state index in [1.807, 2.05) is 6.07 Å². The standard InChI is InChI=1S/C15H22N2S/c1-5-12(4)17(6-2)14-9-8-10-15(18-7-3)13(14)11-16/h8-10,12H,5-7H2,1-4H3. The van der Waals surface area contributed by atoms with E-state index in [-0.39, 0.29) is 0 Å². The Morgan fingerprint density at radius 1 is 1.33 bits per heavy atom. The van der Waals surface area contributed by atoms with E-state index in [9.17, 15) is 5.26 Å². The molecule has 1 rings (SSSR count). The minimum absolute atomic E-state index is 0.462. The predicted octanol–water partition coefficient (Wildman–Crippen LogP) is 4.30. The molecular weight excluding hydrogens is 240 g/mol. The molecular formula is C15H22N2S. The van der Waals surface area contributed by atoms with E-state index in [1.165, 1.54) is 0 Å². The quantitative estimate of drug-likeness (QED) is 0.715. The number of hydrogen-bond donors (Lipinski definition) is 0. The molecule has 0 amide bonds. The van der Waals surface area contributed by atoms with E-state index in [2.05, 4.69) is 50.8 Å². The highest BCUT2D eigenvalue weighted by atomic mass is 32.2. The average Bonchev–Trinajstić information content (AvgIpc) is 2.40. The maximum atomic E-state index is 9.43. The van der Waals surface area contributed by atoms with Crippen molar-refractivity contribution in [1.29, 1.82) is 5.26 Å². The third-order valence-electron chi connectivity index (χ3n) is 3.19. The fourth-order valence-electron chi connectivity index (χ4n) is 2.09. The van der Waals surface area contributed by atoms with Crippen molar-refractivity contribution in [3.8, 4) is 6.07 Å². The normalized spacial score (nSPS) is 11.9. The van der Waals surface area contributed by atoms with Gasteiger partial charge in [-0.3, -0.25) is 0 Å². The molecule has 0 radical (unpaired) electrons. The van der Waals surface area contributed by atoms with E-state index >= 15 is 0 Å². The minimum Gasteiger partial charge on any atom is -0.368 e. The third kappa shape index (κ3) is 3.20. The van der Waals surface area contributed by atoms with Crippen LogP contribution in [0.3, 0.4) is 0 Å². The first kappa shape index (κ1) is 14.9. The van der Waals surface area contributed by atoms with Crippen LogP contribution < -0.4 is 4.90 Å². The summed E-state index contributed by atoms with van der Waals surface area (Å²) >= 11 is 1.74. The summed E-state index contributed by atoms with van der Waals surface area (Å²) in [5.74, 6) is 0.994. The van der Waals surface area contributed by atoms with Gasteiger partial charge in [0.2, 0.25) is 0 Å². The molecule has 98 valence electrons.